The molecule has 0 saturated heterocycles. The van der Waals surface area contributed by atoms with Gasteiger partial charge in [0.05, 0.1) is 11.9 Å². The van der Waals surface area contributed by atoms with Gasteiger partial charge in [-0.1, -0.05) is 26.0 Å². The quantitative estimate of drug-likeness (QED) is 0.898. The zero-order valence-corrected chi connectivity index (χ0v) is 11.6. The van der Waals surface area contributed by atoms with E-state index in [4.69, 9.17) is 10.5 Å². The number of ether oxygens (including phenoxy) is 1. The Balaban J connectivity index is 2.08. The molecule has 100 valence electrons. The van der Waals surface area contributed by atoms with Crippen molar-refractivity contribution in [3.63, 3.8) is 0 Å². The SMILES string of the molecule is CC(C)c1ccc(Oc2ccc([C@@H](C)N)nc2)cc1. The molecule has 19 heavy (non-hydrogen) atoms. The zero-order chi connectivity index (χ0) is 13.8. The first kappa shape index (κ1) is 13.6. The lowest BCUT2D eigenvalue weighted by molar-refractivity contribution is 0.479. The van der Waals surface area contributed by atoms with Gasteiger partial charge >= 0.3 is 0 Å². The second-order valence-electron chi connectivity index (χ2n) is 5.03. The van der Waals surface area contributed by atoms with Gasteiger partial charge in [0.25, 0.3) is 0 Å². The van der Waals surface area contributed by atoms with E-state index in [9.17, 15) is 0 Å². The Kier molecular flexibility index (Phi) is 4.17. The van der Waals surface area contributed by atoms with E-state index in [1.165, 1.54) is 5.56 Å². The van der Waals surface area contributed by atoms with Crippen molar-refractivity contribution in [1.29, 1.82) is 0 Å². The molecule has 1 atom stereocenters. The highest BCUT2D eigenvalue weighted by molar-refractivity contribution is 5.33. The molecule has 0 radical (unpaired) electrons. The summed E-state index contributed by atoms with van der Waals surface area (Å²) in [5.41, 5.74) is 7.92. The van der Waals surface area contributed by atoms with Crippen LogP contribution < -0.4 is 10.5 Å². The third kappa shape index (κ3) is 3.55. The molecule has 3 heteroatoms. The summed E-state index contributed by atoms with van der Waals surface area (Å²) >= 11 is 0. The summed E-state index contributed by atoms with van der Waals surface area (Å²) < 4.78 is 5.74. The van der Waals surface area contributed by atoms with Crippen LogP contribution in [0.5, 0.6) is 11.5 Å². The lowest BCUT2D eigenvalue weighted by Crippen LogP contribution is -2.06. The van der Waals surface area contributed by atoms with Crippen molar-refractivity contribution >= 4 is 0 Å². The second kappa shape index (κ2) is 5.85. The van der Waals surface area contributed by atoms with Gasteiger partial charge in [-0.2, -0.15) is 0 Å². The van der Waals surface area contributed by atoms with E-state index in [1.807, 2.05) is 31.2 Å². The molecule has 0 spiro atoms. The molecule has 1 aromatic carbocycles. The topological polar surface area (TPSA) is 48.1 Å². The maximum absolute atomic E-state index is 5.76. The number of hydrogen-bond donors (Lipinski definition) is 1. The van der Waals surface area contributed by atoms with E-state index < -0.39 is 0 Å². The number of rotatable bonds is 4. The fourth-order valence-electron chi connectivity index (χ4n) is 1.78. The normalized spacial score (nSPS) is 12.5. The zero-order valence-electron chi connectivity index (χ0n) is 11.6. The molecular weight excluding hydrogens is 236 g/mol. The van der Waals surface area contributed by atoms with Gasteiger partial charge in [-0.15, -0.1) is 0 Å². The third-order valence-electron chi connectivity index (χ3n) is 3.01. The molecule has 1 heterocycles. The highest BCUT2D eigenvalue weighted by Crippen LogP contribution is 2.23. The predicted octanol–water partition coefficient (Wildman–Crippen LogP) is 4.02. The van der Waals surface area contributed by atoms with Crippen LogP contribution in [0.25, 0.3) is 0 Å². The highest BCUT2D eigenvalue weighted by atomic mass is 16.5. The summed E-state index contributed by atoms with van der Waals surface area (Å²) in [4.78, 5) is 4.27. The Morgan fingerprint density at radius 2 is 1.58 bits per heavy atom. The summed E-state index contributed by atoms with van der Waals surface area (Å²) in [6.07, 6.45) is 1.70. The van der Waals surface area contributed by atoms with Crippen LogP contribution in [0.4, 0.5) is 0 Å². The van der Waals surface area contributed by atoms with Crippen molar-refractivity contribution < 1.29 is 4.74 Å². The molecule has 1 aromatic heterocycles. The fraction of sp³-hybridized carbons (Fsp3) is 0.312. The lowest BCUT2D eigenvalue weighted by atomic mass is 10.0. The third-order valence-corrected chi connectivity index (χ3v) is 3.01. The summed E-state index contributed by atoms with van der Waals surface area (Å²) in [5, 5.41) is 0. The first-order chi connectivity index (χ1) is 9.06. The maximum atomic E-state index is 5.76. The number of benzene rings is 1. The number of nitrogens with zero attached hydrogens (tertiary/aromatic N) is 1. The minimum atomic E-state index is -0.0561. The Bertz CT molecular complexity index is 466. The number of nitrogens with two attached hydrogens (primary N) is 1. The predicted molar refractivity (Wildman–Crippen MR) is 77.4 cm³/mol. The standard InChI is InChI=1S/C16H20N2O/c1-11(2)13-4-6-14(7-5-13)19-15-8-9-16(12(3)17)18-10-15/h4-12H,17H2,1-3H3/t12-/m1/s1. The Morgan fingerprint density at radius 1 is 0.947 bits per heavy atom. The van der Waals surface area contributed by atoms with E-state index in [2.05, 4.69) is 31.0 Å². The fourth-order valence-corrected chi connectivity index (χ4v) is 1.78. The monoisotopic (exact) mass is 256 g/mol. The second-order valence-corrected chi connectivity index (χ2v) is 5.03. The number of pyridine rings is 1. The molecule has 2 rings (SSSR count). The molecule has 0 aliphatic rings. The van der Waals surface area contributed by atoms with Crippen LogP contribution in [-0.2, 0) is 0 Å². The van der Waals surface area contributed by atoms with Crippen LogP contribution in [-0.4, -0.2) is 4.98 Å². The van der Waals surface area contributed by atoms with E-state index in [0.717, 1.165) is 17.2 Å². The highest BCUT2D eigenvalue weighted by Gasteiger charge is 2.03. The van der Waals surface area contributed by atoms with Crippen LogP contribution in [0.1, 0.15) is 44.0 Å². The van der Waals surface area contributed by atoms with Gasteiger partial charge in [0.2, 0.25) is 0 Å². The molecule has 0 amide bonds. The average molecular weight is 256 g/mol. The summed E-state index contributed by atoms with van der Waals surface area (Å²) in [6.45, 7) is 6.26. The number of aromatic nitrogens is 1. The molecule has 2 aromatic rings. The molecule has 0 unspecified atom stereocenters. The van der Waals surface area contributed by atoms with Crippen molar-refractivity contribution in [2.24, 2.45) is 5.73 Å². The Labute approximate surface area is 114 Å². The Morgan fingerprint density at radius 3 is 2.05 bits per heavy atom. The van der Waals surface area contributed by atoms with E-state index in [1.54, 1.807) is 6.20 Å². The van der Waals surface area contributed by atoms with Gasteiger partial charge in [-0.05, 0) is 42.7 Å². The van der Waals surface area contributed by atoms with E-state index in [-0.39, 0.29) is 6.04 Å². The van der Waals surface area contributed by atoms with Gasteiger partial charge in [-0.25, -0.2) is 0 Å². The van der Waals surface area contributed by atoms with Gasteiger partial charge in [0, 0.05) is 6.04 Å². The van der Waals surface area contributed by atoms with Gasteiger partial charge in [0.15, 0.2) is 0 Å². The van der Waals surface area contributed by atoms with Crippen LogP contribution in [0.15, 0.2) is 42.6 Å². The maximum Gasteiger partial charge on any atom is 0.145 e. The molecule has 3 nitrogen and oxygen atoms in total. The molecule has 0 fully saturated rings. The molecule has 0 bridgehead atoms. The van der Waals surface area contributed by atoms with Crippen LogP contribution >= 0.6 is 0 Å². The van der Waals surface area contributed by atoms with Gasteiger partial charge in [-0.3, -0.25) is 4.98 Å². The first-order valence-electron chi connectivity index (χ1n) is 6.55. The van der Waals surface area contributed by atoms with Gasteiger partial charge in [0.1, 0.15) is 11.5 Å². The van der Waals surface area contributed by atoms with Crippen molar-refractivity contribution in [1.82, 2.24) is 4.98 Å². The van der Waals surface area contributed by atoms with Crippen molar-refractivity contribution in [3.8, 4) is 11.5 Å². The van der Waals surface area contributed by atoms with Gasteiger partial charge < -0.3 is 10.5 Å². The van der Waals surface area contributed by atoms with E-state index >= 15 is 0 Å². The van der Waals surface area contributed by atoms with Crippen molar-refractivity contribution in [2.45, 2.75) is 32.7 Å². The van der Waals surface area contributed by atoms with Crippen LogP contribution in [0.2, 0.25) is 0 Å². The lowest BCUT2D eigenvalue weighted by Gasteiger charge is -2.09. The number of hydrogen-bond acceptors (Lipinski definition) is 3. The van der Waals surface area contributed by atoms with Crippen molar-refractivity contribution in [2.75, 3.05) is 0 Å². The first-order valence-corrected chi connectivity index (χ1v) is 6.55. The molecule has 2 N–H and O–H groups in total. The summed E-state index contributed by atoms with van der Waals surface area (Å²) in [7, 11) is 0. The van der Waals surface area contributed by atoms with Crippen molar-refractivity contribution in [3.05, 3.63) is 53.9 Å². The summed E-state index contributed by atoms with van der Waals surface area (Å²) in [5.74, 6) is 2.07. The van der Waals surface area contributed by atoms with Crippen LogP contribution in [0, 0.1) is 0 Å². The molecule has 0 saturated carbocycles. The average Bonchev–Trinajstić information content (AvgIpc) is 2.40. The Hall–Kier alpha value is -1.87. The molecule has 0 aliphatic carbocycles. The summed E-state index contributed by atoms with van der Waals surface area (Å²) in [6, 6.07) is 11.9. The largest absolute Gasteiger partial charge is 0.456 e. The molecule has 0 aliphatic heterocycles. The van der Waals surface area contributed by atoms with E-state index in [0.29, 0.717) is 5.92 Å². The minimum Gasteiger partial charge on any atom is -0.456 e. The van der Waals surface area contributed by atoms with Crippen LogP contribution in [0.3, 0.4) is 0 Å². The molecular formula is C16H20N2O. The minimum absolute atomic E-state index is 0.0561. The smallest absolute Gasteiger partial charge is 0.145 e.